The van der Waals surface area contributed by atoms with E-state index in [9.17, 15) is 19.3 Å². The molecule has 0 bridgehead atoms. The van der Waals surface area contributed by atoms with Crippen molar-refractivity contribution < 1.29 is 18.8 Å². The smallest absolute Gasteiger partial charge is 0.270 e. The van der Waals surface area contributed by atoms with E-state index < -0.39 is 10.7 Å². The second kappa shape index (κ2) is 5.88. The third kappa shape index (κ3) is 3.35. The fourth-order valence-electron chi connectivity index (χ4n) is 1.66. The van der Waals surface area contributed by atoms with Crippen LogP contribution in [-0.2, 0) is 0 Å². The Kier molecular flexibility index (Phi) is 4.18. The third-order valence-electron chi connectivity index (χ3n) is 2.67. The van der Waals surface area contributed by atoms with Crippen molar-refractivity contribution >= 4 is 23.1 Å². The average Bonchev–Trinajstić information content (AvgIpc) is 2.43. The summed E-state index contributed by atoms with van der Waals surface area (Å²) in [4.78, 5) is 21.7. The lowest BCUT2D eigenvalue weighted by molar-refractivity contribution is -0.384. The van der Waals surface area contributed by atoms with Crippen LogP contribution in [0.1, 0.15) is 17.3 Å². The van der Waals surface area contributed by atoms with Crippen molar-refractivity contribution in [1.29, 1.82) is 0 Å². The summed E-state index contributed by atoms with van der Waals surface area (Å²) in [6, 6.07) is 7.37. The zero-order valence-electron chi connectivity index (χ0n) is 10.8. The molecule has 0 atom stereocenters. The van der Waals surface area contributed by atoms with Gasteiger partial charge in [0.2, 0.25) is 0 Å². The molecule has 0 amide bonds. The van der Waals surface area contributed by atoms with Crippen LogP contribution < -0.4 is 4.74 Å². The van der Waals surface area contributed by atoms with Crippen molar-refractivity contribution in [2.24, 2.45) is 0 Å². The zero-order chi connectivity index (χ0) is 15.6. The molecule has 0 spiro atoms. The van der Waals surface area contributed by atoms with Gasteiger partial charge in [-0.25, -0.2) is 4.39 Å². The van der Waals surface area contributed by atoms with E-state index in [0.717, 1.165) is 12.1 Å². The number of non-ortho nitro benzene ring substituents is 1. The van der Waals surface area contributed by atoms with Crippen LogP contribution in [-0.4, -0.2) is 10.7 Å². The monoisotopic (exact) mass is 309 g/mol. The summed E-state index contributed by atoms with van der Waals surface area (Å²) in [6.45, 7) is 1.27. The molecule has 0 saturated carbocycles. The number of Topliss-reactive ketones (excluding diaryl/α,β-unsaturated/α-hetero) is 1. The topological polar surface area (TPSA) is 69.4 Å². The first kappa shape index (κ1) is 14.9. The summed E-state index contributed by atoms with van der Waals surface area (Å²) in [6.07, 6.45) is 0. The van der Waals surface area contributed by atoms with Gasteiger partial charge < -0.3 is 4.74 Å². The number of carbonyl (C=O) groups excluding carboxylic acids is 1. The summed E-state index contributed by atoms with van der Waals surface area (Å²) < 4.78 is 18.5. The lowest BCUT2D eigenvalue weighted by Crippen LogP contribution is -1.99. The van der Waals surface area contributed by atoms with Crippen LogP contribution in [0.5, 0.6) is 11.5 Å². The Morgan fingerprint density at radius 2 is 2.00 bits per heavy atom. The highest BCUT2D eigenvalue weighted by molar-refractivity contribution is 6.30. The predicted molar refractivity (Wildman–Crippen MR) is 74.6 cm³/mol. The highest BCUT2D eigenvalue weighted by atomic mass is 35.5. The summed E-state index contributed by atoms with van der Waals surface area (Å²) in [5.41, 5.74) is -0.158. The molecule has 0 aliphatic carbocycles. The molecule has 2 aromatic carbocycles. The lowest BCUT2D eigenvalue weighted by atomic mass is 10.1. The van der Waals surface area contributed by atoms with E-state index >= 15 is 0 Å². The Bertz CT molecular complexity index is 733. The number of ketones is 1. The number of nitro benzene ring substituents is 1. The Balaban J connectivity index is 2.41. The molecule has 0 fully saturated rings. The van der Waals surface area contributed by atoms with Crippen molar-refractivity contribution in [3.8, 4) is 11.5 Å². The number of hydrogen-bond donors (Lipinski definition) is 0. The fraction of sp³-hybridized carbons (Fsp3) is 0.0714. The van der Waals surface area contributed by atoms with Gasteiger partial charge in [-0.15, -0.1) is 0 Å². The number of halogens is 2. The maximum Gasteiger partial charge on any atom is 0.270 e. The maximum atomic E-state index is 13.1. The fourth-order valence-corrected chi connectivity index (χ4v) is 1.83. The van der Waals surface area contributed by atoms with Crippen LogP contribution in [0.25, 0.3) is 0 Å². The van der Waals surface area contributed by atoms with Gasteiger partial charge in [-0.05, 0) is 25.1 Å². The van der Waals surface area contributed by atoms with E-state index in [1.807, 2.05) is 0 Å². The van der Waals surface area contributed by atoms with Crippen molar-refractivity contribution in [3.63, 3.8) is 0 Å². The molecule has 0 aliphatic heterocycles. The predicted octanol–water partition coefficient (Wildman–Crippen LogP) is 4.38. The summed E-state index contributed by atoms with van der Waals surface area (Å²) in [7, 11) is 0. The summed E-state index contributed by atoms with van der Waals surface area (Å²) in [5.74, 6) is -0.630. The number of ether oxygens (including phenoxy) is 1. The highest BCUT2D eigenvalue weighted by Crippen LogP contribution is 2.31. The minimum atomic E-state index is -0.606. The summed E-state index contributed by atoms with van der Waals surface area (Å²) >= 11 is 5.64. The number of carbonyl (C=O) groups is 1. The molecule has 108 valence electrons. The largest absolute Gasteiger partial charge is 0.457 e. The Morgan fingerprint density at radius 1 is 1.29 bits per heavy atom. The molecular formula is C14H9ClFNO4. The SMILES string of the molecule is CC(=O)c1cc([N+](=O)[O-])ccc1Oc1ccc(F)c(Cl)c1. The highest BCUT2D eigenvalue weighted by Gasteiger charge is 2.16. The third-order valence-corrected chi connectivity index (χ3v) is 2.96. The molecule has 0 N–H and O–H groups in total. The number of benzene rings is 2. The average molecular weight is 310 g/mol. The van der Waals surface area contributed by atoms with Gasteiger partial charge in [0.15, 0.2) is 5.78 Å². The van der Waals surface area contributed by atoms with Crippen LogP contribution in [0, 0.1) is 15.9 Å². The Morgan fingerprint density at radius 3 is 2.57 bits per heavy atom. The maximum absolute atomic E-state index is 13.1. The van der Waals surface area contributed by atoms with E-state index in [-0.39, 0.29) is 33.6 Å². The minimum Gasteiger partial charge on any atom is -0.457 e. The van der Waals surface area contributed by atoms with Crippen LogP contribution in [0.15, 0.2) is 36.4 Å². The van der Waals surface area contributed by atoms with Gasteiger partial charge in [0.25, 0.3) is 5.69 Å². The molecule has 2 rings (SSSR count). The van der Waals surface area contributed by atoms with E-state index in [0.29, 0.717) is 0 Å². The second-order valence-corrected chi connectivity index (χ2v) is 4.58. The van der Waals surface area contributed by atoms with E-state index in [4.69, 9.17) is 16.3 Å². The first-order valence-electron chi connectivity index (χ1n) is 5.81. The molecule has 7 heteroatoms. The van der Waals surface area contributed by atoms with Gasteiger partial charge in [0.1, 0.15) is 17.3 Å². The first-order valence-corrected chi connectivity index (χ1v) is 6.18. The molecule has 21 heavy (non-hydrogen) atoms. The normalized spacial score (nSPS) is 10.2. The van der Waals surface area contributed by atoms with E-state index in [1.165, 1.54) is 31.2 Å². The molecule has 2 aromatic rings. The molecule has 5 nitrogen and oxygen atoms in total. The molecular weight excluding hydrogens is 301 g/mol. The van der Waals surface area contributed by atoms with E-state index in [2.05, 4.69) is 0 Å². The molecule has 0 saturated heterocycles. The second-order valence-electron chi connectivity index (χ2n) is 4.17. The Labute approximate surface area is 124 Å². The molecule has 0 aliphatic rings. The number of nitrogens with zero attached hydrogens (tertiary/aromatic N) is 1. The number of rotatable bonds is 4. The van der Waals surface area contributed by atoms with Crippen LogP contribution in [0.4, 0.5) is 10.1 Å². The Hall–Kier alpha value is -2.47. The standard InChI is InChI=1S/C14H9ClFNO4/c1-8(18)11-6-9(17(19)20)2-5-14(11)21-10-3-4-13(16)12(15)7-10/h2-7H,1H3. The molecule has 0 radical (unpaired) electrons. The molecule has 0 heterocycles. The van der Waals surface area contributed by atoms with Gasteiger partial charge >= 0.3 is 0 Å². The van der Waals surface area contributed by atoms with Gasteiger partial charge in [-0.3, -0.25) is 14.9 Å². The molecule has 0 aromatic heterocycles. The van der Waals surface area contributed by atoms with Gasteiger partial charge in [0, 0.05) is 18.2 Å². The first-order chi connectivity index (χ1) is 9.88. The van der Waals surface area contributed by atoms with Crippen molar-refractivity contribution in [1.82, 2.24) is 0 Å². The van der Waals surface area contributed by atoms with Crippen LogP contribution in [0.3, 0.4) is 0 Å². The van der Waals surface area contributed by atoms with Crippen molar-refractivity contribution in [2.75, 3.05) is 0 Å². The van der Waals surface area contributed by atoms with Gasteiger partial charge in [-0.1, -0.05) is 11.6 Å². The van der Waals surface area contributed by atoms with Crippen LogP contribution >= 0.6 is 11.6 Å². The van der Waals surface area contributed by atoms with Gasteiger partial charge in [-0.2, -0.15) is 0 Å². The molecule has 0 unspecified atom stereocenters. The van der Waals surface area contributed by atoms with E-state index in [1.54, 1.807) is 0 Å². The lowest BCUT2D eigenvalue weighted by Gasteiger charge is -2.09. The van der Waals surface area contributed by atoms with Crippen LogP contribution in [0.2, 0.25) is 5.02 Å². The number of hydrogen-bond acceptors (Lipinski definition) is 4. The number of nitro groups is 1. The van der Waals surface area contributed by atoms with Gasteiger partial charge in [0.05, 0.1) is 15.5 Å². The van der Waals surface area contributed by atoms with Crippen molar-refractivity contribution in [3.05, 3.63) is 62.9 Å². The quantitative estimate of drug-likeness (QED) is 0.477. The van der Waals surface area contributed by atoms with Crippen molar-refractivity contribution in [2.45, 2.75) is 6.92 Å². The zero-order valence-corrected chi connectivity index (χ0v) is 11.6. The summed E-state index contributed by atoms with van der Waals surface area (Å²) in [5, 5.41) is 10.6. The minimum absolute atomic E-state index is 0.0599.